The first kappa shape index (κ1) is 11.4. The molecule has 2 amide bonds. The molecule has 1 aliphatic heterocycles. The van der Waals surface area contributed by atoms with Crippen molar-refractivity contribution in [3.05, 3.63) is 29.3 Å². The molecule has 1 N–H and O–H groups in total. The van der Waals surface area contributed by atoms with Gasteiger partial charge in [-0.1, -0.05) is 6.07 Å². The maximum atomic E-state index is 11.6. The molecule has 0 aromatic heterocycles. The van der Waals surface area contributed by atoms with Crippen molar-refractivity contribution < 1.29 is 14.3 Å². The van der Waals surface area contributed by atoms with Crippen molar-refractivity contribution in [2.45, 2.75) is 13.0 Å². The lowest BCUT2D eigenvalue weighted by molar-refractivity contribution is 0.0600. The Morgan fingerprint density at radius 3 is 2.82 bits per heavy atom. The number of hydrogen-bond donors (Lipinski definition) is 1. The summed E-state index contributed by atoms with van der Waals surface area (Å²) in [5.41, 5.74) is 2.09. The van der Waals surface area contributed by atoms with Gasteiger partial charge < -0.3 is 15.0 Å². The fourth-order valence-electron chi connectivity index (χ4n) is 1.86. The van der Waals surface area contributed by atoms with Crippen LogP contribution in [0.25, 0.3) is 0 Å². The van der Waals surface area contributed by atoms with Gasteiger partial charge in [-0.3, -0.25) is 0 Å². The number of rotatable bonds is 1. The third kappa shape index (κ3) is 1.84. The number of esters is 1. The number of ether oxygens (including phenoxy) is 1. The zero-order valence-corrected chi connectivity index (χ0v) is 9.98. The highest BCUT2D eigenvalue weighted by Gasteiger charge is 2.26. The van der Waals surface area contributed by atoms with Gasteiger partial charge in [0.2, 0.25) is 0 Å². The number of fused-ring (bicyclic) bond motifs is 1. The van der Waals surface area contributed by atoms with E-state index in [-0.39, 0.29) is 12.1 Å². The number of carbonyl (C=O) groups is 2. The van der Waals surface area contributed by atoms with E-state index in [2.05, 4.69) is 10.1 Å². The van der Waals surface area contributed by atoms with Gasteiger partial charge in [-0.15, -0.1) is 0 Å². The number of anilines is 1. The van der Waals surface area contributed by atoms with Crippen LogP contribution in [0.1, 0.15) is 28.9 Å². The van der Waals surface area contributed by atoms with Gasteiger partial charge >= 0.3 is 12.0 Å². The second kappa shape index (κ2) is 4.08. The monoisotopic (exact) mass is 234 g/mol. The molecular formula is C12H14N2O3. The van der Waals surface area contributed by atoms with Crippen molar-refractivity contribution in [3.8, 4) is 0 Å². The van der Waals surface area contributed by atoms with Gasteiger partial charge in [-0.25, -0.2) is 9.59 Å². The highest BCUT2D eigenvalue weighted by Crippen LogP contribution is 2.32. The Morgan fingerprint density at radius 2 is 2.18 bits per heavy atom. The Labute approximate surface area is 99.4 Å². The molecule has 0 aliphatic carbocycles. The van der Waals surface area contributed by atoms with Crippen molar-refractivity contribution in [1.29, 1.82) is 0 Å². The van der Waals surface area contributed by atoms with Gasteiger partial charge in [-0.05, 0) is 24.6 Å². The molecule has 90 valence electrons. The van der Waals surface area contributed by atoms with Crippen LogP contribution in [0.2, 0.25) is 0 Å². The number of nitrogens with zero attached hydrogens (tertiary/aromatic N) is 1. The van der Waals surface area contributed by atoms with Crippen molar-refractivity contribution in [3.63, 3.8) is 0 Å². The highest BCUT2D eigenvalue weighted by atomic mass is 16.5. The van der Waals surface area contributed by atoms with Gasteiger partial charge in [0, 0.05) is 12.7 Å². The summed E-state index contributed by atoms with van der Waals surface area (Å²) in [6, 6.07) is 4.99. The van der Waals surface area contributed by atoms with E-state index in [9.17, 15) is 9.59 Å². The summed E-state index contributed by atoms with van der Waals surface area (Å²) in [5, 5.41) is 2.74. The summed E-state index contributed by atoms with van der Waals surface area (Å²) in [6.45, 7) is 1.94. The minimum absolute atomic E-state index is 0.00885. The number of urea groups is 1. The minimum atomic E-state index is -0.409. The van der Waals surface area contributed by atoms with Crippen LogP contribution in [0.4, 0.5) is 10.5 Å². The number of amides is 2. The summed E-state index contributed by atoms with van der Waals surface area (Å²) in [6.07, 6.45) is 0. The lowest BCUT2D eigenvalue weighted by Gasteiger charge is -2.32. The molecule has 5 heteroatoms. The molecular weight excluding hydrogens is 220 g/mol. The van der Waals surface area contributed by atoms with Crippen LogP contribution in [0.3, 0.4) is 0 Å². The summed E-state index contributed by atoms with van der Waals surface area (Å²) in [5.74, 6) is -0.409. The average molecular weight is 234 g/mol. The molecule has 1 heterocycles. The number of nitrogens with one attached hydrogen (secondary N) is 1. The van der Waals surface area contributed by atoms with E-state index < -0.39 is 5.97 Å². The number of methoxy groups -OCH3 is 1. The standard InChI is InChI=1S/C12H14N2O3/c1-7-9-5-4-8(11(15)17-3)6-10(9)13-12(16)14(7)2/h4-7H,1-3H3,(H,13,16). The Hall–Kier alpha value is -2.04. The SMILES string of the molecule is COC(=O)c1ccc2c(c1)NC(=O)N(C)C2C. The Balaban J connectivity index is 2.44. The molecule has 1 aromatic carbocycles. The maximum absolute atomic E-state index is 11.6. The first-order valence-corrected chi connectivity index (χ1v) is 5.30. The molecule has 1 atom stereocenters. The number of hydrogen-bond acceptors (Lipinski definition) is 3. The van der Waals surface area contributed by atoms with Gasteiger partial charge in [0.1, 0.15) is 0 Å². The van der Waals surface area contributed by atoms with Crippen LogP contribution in [0, 0.1) is 0 Å². The first-order chi connectivity index (χ1) is 8.04. The predicted octanol–water partition coefficient (Wildman–Crippen LogP) is 2.01. The van der Waals surface area contributed by atoms with E-state index >= 15 is 0 Å². The van der Waals surface area contributed by atoms with Gasteiger partial charge in [0.15, 0.2) is 0 Å². The zero-order valence-electron chi connectivity index (χ0n) is 9.98. The zero-order chi connectivity index (χ0) is 12.6. The normalized spacial score (nSPS) is 18.4. The van der Waals surface area contributed by atoms with Crippen LogP contribution in [-0.4, -0.2) is 31.1 Å². The van der Waals surface area contributed by atoms with Gasteiger partial charge in [0.05, 0.1) is 18.7 Å². The molecule has 1 aromatic rings. The van der Waals surface area contributed by atoms with Crippen LogP contribution >= 0.6 is 0 Å². The smallest absolute Gasteiger partial charge is 0.337 e. The Kier molecular flexibility index (Phi) is 2.75. The van der Waals surface area contributed by atoms with E-state index in [0.29, 0.717) is 11.3 Å². The van der Waals surface area contributed by atoms with Crippen LogP contribution in [0.15, 0.2) is 18.2 Å². The molecule has 1 unspecified atom stereocenters. The van der Waals surface area contributed by atoms with Crippen molar-refractivity contribution >= 4 is 17.7 Å². The minimum Gasteiger partial charge on any atom is -0.465 e. The average Bonchev–Trinajstić information content (AvgIpc) is 2.34. The van der Waals surface area contributed by atoms with Crippen LogP contribution < -0.4 is 5.32 Å². The molecule has 0 fully saturated rings. The largest absolute Gasteiger partial charge is 0.465 e. The number of benzene rings is 1. The molecule has 0 saturated carbocycles. The molecule has 5 nitrogen and oxygen atoms in total. The Bertz CT molecular complexity index is 485. The molecule has 0 spiro atoms. The summed E-state index contributed by atoms with van der Waals surface area (Å²) < 4.78 is 4.64. The van der Waals surface area contributed by atoms with Crippen LogP contribution in [0.5, 0.6) is 0 Å². The van der Waals surface area contributed by atoms with E-state index in [1.807, 2.05) is 13.0 Å². The molecule has 0 bridgehead atoms. The topological polar surface area (TPSA) is 58.6 Å². The third-order valence-electron chi connectivity index (χ3n) is 3.07. The van der Waals surface area contributed by atoms with E-state index in [4.69, 9.17) is 0 Å². The van der Waals surface area contributed by atoms with Crippen molar-refractivity contribution in [1.82, 2.24) is 4.90 Å². The van der Waals surface area contributed by atoms with E-state index in [0.717, 1.165) is 5.56 Å². The molecule has 0 radical (unpaired) electrons. The highest BCUT2D eigenvalue weighted by molar-refractivity contribution is 5.96. The van der Waals surface area contributed by atoms with E-state index in [1.165, 1.54) is 7.11 Å². The van der Waals surface area contributed by atoms with Gasteiger partial charge in [-0.2, -0.15) is 0 Å². The predicted molar refractivity (Wildman–Crippen MR) is 63.0 cm³/mol. The van der Waals surface area contributed by atoms with Gasteiger partial charge in [0.25, 0.3) is 0 Å². The fraction of sp³-hybridized carbons (Fsp3) is 0.333. The van der Waals surface area contributed by atoms with E-state index in [1.54, 1.807) is 24.1 Å². The quantitative estimate of drug-likeness (QED) is 0.756. The summed E-state index contributed by atoms with van der Waals surface area (Å²) in [7, 11) is 3.06. The summed E-state index contributed by atoms with van der Waals surface area (Å²) >= 11 is 0. The second-order valence-electron chi connectivity index (χ2n) is 4.01. The fourth-order valence-corrected chi connectivity index (χ4v) is 1.86. The Morgan fingerprint density at radius 1 is 1.47 bits per heavy atom. The molecule has 1 aliphatic rings. The van der Waals surface area contributed by atoms with Crippen molar-refractivity contribution in [2.24, 2.45) is 0 Å². The molecule has 0 saturated heterocycles. The molecule has 17 heavy (non-hydrogen) atoms. The maximum Gasteiger partial charge on any atom is 0.337 e. The molecule has 2 rings (SSSR count). The van der Waals surface area contributed by atoms with Crippen LogP contribution in [-0.2, 0) is 4.74 Å². The lowest BCUT2D eigenvalue weighted by atomic mass is 10.0. The number of carbonyl (C=O) groups excluding carboxylic acids is 2. The lowest BCUT2D eigenvalue weighted by Crippen LogP contribution is -2.38. The second-order valence-corrected chi connectivity index (χ2v) is 4.01. The third-order valence-corrected chi connectivity index (χ3v) is 3.07. The van der Waals surface area contributed by atoms with Crippen molar-refractivity contribution in [2.75, 3.05) is 19.5 Å². The first-order valence-electron chi connectivity index (χ1n) is 5.30. The summed E-state index contributed by atoms with van der Waals surface area (Å²) in [4.78, 5) is 24.6.